The summed E-state index contributed by atoms with van der Waals surface area (Å²) in [5.74, 6) is 0.763. The second-order valence-corrected chi connectivity index (χ2v) is 5.60. The van der Waals surface area contributed by atoms with Gasteiger partial charge in [0.05, 0.1) is 10.7 Å². The van der Waals surface area contributed by atoms with E-state index in [1.165, 1.54) is 34.8 Å². The second-order valence-electron chi connectivity index (χ2n) is 4.31. The molecule has 0 radical (unpaired) electrons. The minimum absolute atomic E-state index is 0.341. The number of nitrogens with zero attached hydrogens (tertiary/aromatic N) is 1. The molecular weight excluding hydrogens is 192 g/mol. The van der Waals surface area contributed by atoms with Crippen molar-refractivity contribution in [3.05, 3.63) is 15.6 Å². The highest BCUT2D eigenvalue weighted by Crippen LogP contribution is 2.30. The van der Waals surface area contributed by atoms with Crippen LogP contribution in [0.1, 0.15) is 34.8 Å². The number of hydrogen-bond acceptors (Lipinski definition) is 3. The summed E-state index contributed by atoms with van der Waals surface area (Å²) in [6, 6.07) is 0.341. The first-order valence-corrected chi connectivity index (χ1v) is 6.17. The fourth-order valence-electron chi connectivity index (χ4n) is 1.86. The van der Waals surface area contributed by atoms with Crippen molar-refractivity contribution in [2.24, 2.45) is 11.7 Å². The molecular formula is C11H18N2S. The summed E-state index contributed by atoms with van der Waals surface area (Å²) in [5, 5.41) is 1.22. The summed E-state index contributed by atoms with van der Waals surface area (Å²) in [6.07, 6.45) is 4.99. The van der Waals surface area contributed by atoms with Crippen molar-refractivity contribution in [1.29, 1.82) is 0 Å². The van der Waals surface area contributed by atoms with Crippen molar-refractivity contribution in [2.45, 2.75) is 45.6 Å². The Morgan fingerprint density at radius 3 is 2.64 bits per heavy atom. The van der Waals surface area contributed by atoms with Crippen LogP contribution in [0.5, 0.6) is 0 Å². The minimum Gasteiger partial charge on any atom is -0.327 e. The number of aromatic nitrogens is 1. The van der Waals surface area contributed by atoms with Crippen LogP contribution in [0.15, 0.2) is 0 Å². The van der Waals surface area contributed by atoms with Gasteiger partial charge in [-0.05, 0) is 32.6 Å². The molecule has 1 aliphatic carbocycles. The van der Waals surface area contributed by atoms with Crippen LogP contribution in [0.3, 0.4) is 0 Å². The molecule has 1 aromatic rings. The second kappa shape index (κ2) is 3.99. The van der Waals surface area contributed by atoms with Gasteiger partial charge in [-0.25, -0.2) is 4.98 Å². The number of hydrogen-bond donors (Lipinski definition) is 1. The Balaban J connectivity index is 1.95. The molecule has 1 aliphatic rings. The topological polar surface area (TPSA) is 38.9 Å². The fourth-order valence-corrected chi connectivity index (χ4v) is 2.87. The van der Waals surface area contributed by atoms with Crippen LogP contribution in [-0.2, 0) is 6.42 Å². The first-order chi connectivity index (χ1) is 6.66. The molecule has 0 spiro atoms. The third-order valence-corrected chi connectivity index (χ3v) is 4.33. The smallest absolute Gasteiger partial charge is 0.0946 e. The Labute approximate surface area is 89.5 Å². The average Bonchev–Trinajstić information content (AvgIpc) is 2.26. The molecule has 1 unspecified atom stereocenters. The highest BCUT2D eigenvalue weighted by atomic mass is 32.1. The fraction of sp³-hybridized carbons (Fsp3) is 0.727. The highest BCUT2D eigenvalue weighted by Gasteiger charge is 2.25. The Bertz CT molecular complexity index is 296. The van der Waals surface area contributed by atoms with Crippen molar-refractivity contribution in [2.75, 3.05) is 0 Å². The zero-order chi connectivity index (χ0) is 10.1. The van der Waals surface area contributed by atoms with E-state index in [-0.39, 0.29) is 0 Å². The molecule has 1 heterocycles. The van der Waals surface area contributed by atoms with Gasteiger partial charge in [-0.1, -0.05) is 6.42 Å². The maximum absolute atomic E-state index is 6.14. The predicted molar refractivity (Wildman–Crippen MR) is 60.6 cm³/mol. The average molecular weight is 210 g/mol. The molecule has 14 heavy (non-hydrogen) atoms. The standard InChI is InChI=1S/C11H18N2S/c1-7-8(2)14-11(13-7)6-10(12)9-4-3-5-9/h9-10H,3-6,12H2,1-2H3. The number of nitrogens with two attached hydrogens (primary N) is 1. The van der Waals surface area contributed by atoms with Crippen molar-refractivity contribution in [3.63, 3.8) is 0 Å². The van der Waals surface area contributed by atoms with E-state index in [2.05, 4.69) is 18.8 Å². The number of thiazole rings is 1. The van der Waals surface area contributed by atoms with Gasteiger partial charge < -0.3 is 5.73 Å². The van der Waals surface area contributed by atoms with Gasteiger partial charge in [0.15, 0.2) is 0 Å². The molecule has 1 aromatic heterocycles. The summed E-state index contributed by atoms with van der Waals surface area (Å²) in [4.78, 5) is 5.86. The third kappa shape index (κ3) is 1.98. The third-order valence-electron chi connectivity index (χ3n) is 3.24. The van der Waals surface area contributed by atoms with Crippen LogP contribution in [-0.4, -0.2) is 11.0 Å². The summed E-state index contributed by atoms with van der Waals surface area (Å²) < 4.78 is 0. The monoisotopic (exact) mass is 210 g/mol. The lowest BCUT2D eigenvalue weighted by atomic mass is 9.79. The number of aryl methyl sites for hydroxylation is 2. The van der Waals surface area contributed by atoms with Crippen molar-refractivity contribution < 1.29 is 0 Å². The van der Waals surface area contributed by atoms with Crippen LogP contribution in [0.4, 0.5) is 0 Å². The van der Waals surface area contributed by atoms with Crippen LogP contribution >= 0.6 is 11.3 Å². The molecule has 0 saturated heterocycles. The van der Waals surface area contributed by atoms with E-state index >= 15 is 0 Å². The van der Waals surface area contributed by atoms with Crippen molar-refractivity contribution >= 4 is 11.3 Å². The molecule has 3 heteroatoms. The summed E-state index contributed by atoms with van der Waals surface area (Å²) in [5.41, 5.74) is 7.31. The lowest BCUT2D eigenvalue weighted by Gasteiger charge is -2.30. The lowest BCUT2D eigenvalue weighted by molar-refractivity contribution is 0.260. The van der Waals surface area contributed by atoms with Crippen LogP contribution in [0.25, 0.3) is 0 Å². The van der Waals surface area contributed by atoms with Crippen LogP contribution < -0.4 is 5.73 Å². The Morgan fingerprint density at radius 2 is 2.21 bits per heavy atom. The molecule has 0 aliphatic heterocycles. The van der Waals surface area contributed by atoms with Crippen molar-refractivity contribution in [3.8, 4) is 0 Å². The summed E-state index contributed by atoms with van der Waals surface area (Å²) in [6.45, 7) is 4.20. The van der Waals surface area contributed by atoms with Gasteiger partial charge >= 0.3 is 0 Å². The number of rotatable bonds is 3. The molecule has 0 amide bonds. The van der Waals surface area contributed by atoms with Gasteiger partial charge in [0.1, 0.15) is 0 Å². The molecule has 1 saturated carbocycles. The van der Waals surface area contributed by atoms with E-state index in [1.807, 2.05) is 0 Å². The molecule has 0 aromatic carbocycles. The van der Waals surface area contributed by atoms with Gasteiger partial charge in [-0.3, -0.25) is 0 Å². The first-order valence-electron chi connectivity index (χ1n) is 5.35. The Morgan fingerprint density at radius 1 is 1.50 bits per heavy atom. The Kier molecular flexibility index (Phi) is 2.88. The Hall–Kier alpha value is -0.410. The molecule has 0 bridgehead atoms. The first kappa shape index (κ1) is 10.1. The van der Waals surface area contributed by atoms with Gasteiger partial charge in [0.2, 0.25) is 0 Å². The quantitative estimate of drug-likeness (QED) is 0.832. The molecule has 78 valence electrons. The molecule has 1 fully saturated rings. The maximum Gasteiger partial charge on any atom is 0.0946 e. The van der Waals surface area contributed by atoms with E-state index < -0.39 is 0 Å². The molecule has 1 atom stereocenters. The van der Waals surface area contributed by atoms with Gasteiger partial charge in [-0.2, -0.15) is 0 Å². The van der Waals surface area contributed by atoms with E-state index in [0.717, 1.165) is 12.3 Å². The van der Waals surface area contributed by atoms with Crippen molar-refractivity contribution in [1.82, 2.24) is 4.98 Å². The van der Waals surface area contributed by atoms with E-state index in [9.17, 15) is 0 Å². The zero-order valence-corrected chi connectivity index (χ0v) is 9.73. The van der Waals surface area contributed by atoms with Crippen LogP contribution in [0, 0.1) is 19.8 Å². The largest absolute Gasteiger partial charge is 0.327 e. The maximum atomic E-state index is 6.14. The highest BCUT2D eigenvalue weighted by molar-refractivity contribution is 7.11. The molecule has 2 rings (SSSR count). The minimum atomic E-state index is 0.341. The van der Waals surface area contributed by atoms with E-state index in [4.69, 9.17) is 5.73 Å². The van der Waals surface area contributed by atoms with Gasteiger partial charge in [0.25, 0.3) is 0 Å². The molecule has 2 N–H and O–H groups in total. The predicted octanol–water partition coefficient (Wildman–Crippen LogP) is 2.43. The summed E-state index contributed by atoms with van der Waals surface area (Å²) in [7, 11) is 0. The normalized spacial score (nSPS) is 19.4. The van der Waals surface area contributed by atoms with Gasteiger partial charge in [0, 0.05) is 17.3 Å². The lowest BCUT2D eigenvalue weighted by Crippen LogP contribution is -2.36. The van der Waals surface area contributed by atoms with E-state index in [0.29, 0.717) is 6.04 Å². The van der Waals surface area contributed by atoms with E-state index in [1.54, 1.807) is 11.3 Å². The summed E-state index contributed by atoms with van der Waals surface area (Å²) >= 11 is 1.80. The zero-order valence-electron chi connectivity index (χ0n) is 8.92. The van der Waals surface area contributed by atoms with Crippen LogP contribution in [0.2, 0.25) is 0 Å². The molecule has 2 nitrogen and oxygen atoms in total. The SMILES string of the molecule is Cc1nc(CC(N)C2CCC2)sc1C. The van der Waals surface area contributed by atoms with Gasteiger partial charge in [-0.15, -0.1) is 11.3 Å².